The monoisotopic (exact) mass is 305 g/mol. The second-order valence-corrected chi connectivity index (χ2v) is 8.12. The highest BCUT2D eigenvalue weighted by Crippen LogP contribution is 2.18. The number of likely N-dealkylation sites (N-methyl/N-ethyl adjacent to an activating group) is 1. The van der Waals surface area contributed by atoms with Crippen molar-refractivity contribution in [3.05, 3.63) is 0 Å². The van der Waals surface area contributed by atoms with Crippen molar-refractivity contribution in [2.75, 3.05) is 31.1 Å². The van der Waals surface area contributed by atoms with Gasteiger partial charge in [0.15, 0.2) is 9.84 Å². The summed E-state index contributed by atoms with van der Waals surface area (Å²) >= 11 is 0. The van der Waals surface area contributed by atoms with Gasteiger partial charge in [0.25, 0.3) is 0 Å². The van der Waals surface area contributed by atoms with E-state index in [-0.39, 0.29) is 23.5 Å². The molecule has 1 saturated heterocycles. The Morgan fingerprint density at radius 2 is 2.05 bits per heavy atom. The van der Waals surface area contributed by atoms with Crippen molar-refractivity contribution < 1.29 is 13.2 Å². The van der Waals surface area contributed by atoms with E-state index in [1.165, 1.54) is 0 Å². The highest BCUT2D eigenvalue weighted by molar-refractivity contribution is 7.91. The van der Waals surface area contributed by atoms with Gasteiger partial charge >= 0.3 is 0 Å². The molecular formula is C13H27N3O3S. The molecule has 1 aliphatic heterocycles. The zero-order chi connectivity index (χ0) is 15.4. The van der Waals surface area contributed by atoms with E-state index >= 15 is 0 Å². The minimum absolute atomic E-state index is 0.111. The van der Waals surface area contributed by atoms with Crippen LogP contribution in [0, 0.1) is 0 Å². The van der Waals surface area contributed by atoms with Gasteiger partial charge in [0.1, 0.15) is 0 Å². The molecule has 6 nitrogen and oxygen atoms in total. The Kier molecular flexibility index (Phi) is 5.97. The van der Waals surface area contributed by atoms with Crippen LogP contribution in [0.25, 0.3) is 0 Å². The summed E-state index contributed by atoms with van der Waals surface area (Å²) in [6.45, 7) is 7.72. The molecule has 2 unspecified atom stereocenters. The van der Waals surface area contributed by atoms with E-state index in [0.29, 0.717) is 25.9 Å². The Labute approximate surface area is 122 Å². The molecule has 20 heavy (non-hydrogen) atoms. The number of nitrogens with one attached hydrogen (secondary N) is 1. The summed E-state index contributed by atoms with van der Waals surface area (Å²) in [6, 6.07) is 0.111. The summed E-state index contributed by atoms with van der Waals surface area (Å²) in [5.74, 6) is 0.0937. The molecule has 1 rings (SSSR count). The Balaban J connectivity index is 2.69. The lowest BCUT2D eigenvalue weighted by Gasteiger charge is -2.35. The van der Waals surface area contributed by atoms with Crippen LogP contribution in [0.5, 0.6) is 0 Å². The predicted molar refractivity (Wildman–Crippen MR) is 80.2 cm³/mol. The maximum Gasteiger partial charge on any atom is 0.237 e. The molecule has 7 heteroatoms. The van der Waals surface area contributed by atoms with Crippen LogP contribution in [0.15, 0.2) is 0 Å². The maximum absolute atomic E-state index is 11.6. The number of carbonyl (C=O) groups is 1. The van der Waals surface area contributed by atoms with Gasteiger partial charge in [0.2, 0.25) is 5.91 Å². The summed E-state index contributed by atoms with van der Waals surface area (Å²) in [5.41, 5.74) is 4.74. The molecule has 1 amide bonds. The lowest BCUT2D eigenvalue weighted by atomic mass is 9.92. The van der Waals surface area contributed by atoms with Gasteiger partial charge in [-0.05, 0) is 39.8 Å². The number of carbonyl (C=O) groups excluding carboxylic acids is 1. The van der Waals surface area contributed by atoms with Gasteiger partial charge in [0.05, 0.1) is 17.0 Å². The fraction of sp³-hybridized carbons (Fsp3) is 0.923. The van der Waals surface area contributed by atoms with Crippen molar-refractivity contribution in [1.82, 2.24) is 10.2 Å². The lowest BCUT2D eigenvalue weighted by molar-refractivity contribution is -0.124. The van der Waals surface area contributed by atoms with Crippen molar-refractivity contribution in [1.29, 1.82) is 0 Å². The third kappa shape index (κ3) is 4.71. The van der Waals surface area contributed by atoms with Crippen molar-refractivity contribution in [2.24, 2.45) is 5.73 Å². The molecule has 0 saturated carbocycles. The average Bonchev–Trinajstić information content (AvgIpc) is 2.50. The van der Waals surface area contributed by atoms with Crippen LogP contribution in [0.4, 0.5) is 0 Å². The summed E-state index contributed by atoms with van der Waals surface area (Å²) in [7, 11) is -2.90. The summed E-state index contributed by atoms with van der Waals surface area (Å²) in [6.07, 6.45) is 1.23. The number of nitrogens with zero attached hydrogens (tertiary/aromatic N) is 1. The molecule has 0 spiro atoms. The first kappa shape index (κ1) is 17.4. The number of primary amides is 1. The fourth-order valence-corrected chi connectivity index (χ4v) is 4.05. The molecule has 0 aliphatic carbocycles. The number of amides is 1. The molecule has 3 N–H and O–H groups in total. The van der Waals surface area contributed by atoms with Crippen LogP contribution < -0.4 is 11.1 Å². The first-order valence-electron chi connectivity index (χ1n) is 7.19. The van der Waals surface area contributed by atoms with Gasteiger partial charge in [-0.3, -0.25) is 9.69 Å². The third-order valence-electron chi connectivity index (χ3n) is 4.03. The smallest absolute Gasteiger partial charge is 0.237 e. The van der Waals surface area contributed by atoms with E-state index in [0.717, 1.165) is 6.54 Å². The SMILES string of the molecule is CCNC(C)(CC(C)N1CCCS(=O)(=O)CC1)C(N)=O. The molecule has 0 bridgehead atoms. The number of rotatable bonds is 6. The molecular weight excluding hydrogens is 278 g/mol. The van der Waals surface area contributed by atoms with Crippen LogP contribution >= 0.6 is 0 Å². The van der Waals surface area contributed by atoms with Gasteiger partial charge in [-0.25, -0.2) is 8.42 Å². The maximum atomic E-state index is 11.6. The Bertz CT molecular complexity index is 438. The molecule has 0 aromatic carbocycles. The minimum Gasteiger partial charge on any atom is -0.368 e. The van der Waals surface area contributed by atoms with E-state index in [2.05, 4.69) is 10.2 Å². The first-order chi connectivity index (χ1) is 9.20. The molecule has 1 fully saturated rings. The topological polar surface area (TPSA) is 92.5 Å². The number of hydrogen-bond acceptors (Lipinski definition) is 5. The molecule has 1 heterocycles. The molecule has 2 atom stereocenters. The second kappa shape index (κ2) is 6.87. The lowest BCUT2D eigenvalue weighted by Crippen LogP contribution is -2.56. The standard InChI is InChI=1S/C13H27N3O3S/c1-4-15-13(3,12(14)17)10-11(2)16-6-5-8-20(18,19)9-7-16/h11,15H,4-10H2,1-3H3,(H2,14,17). The Morgan fingerprint density at radius 3 is 2.60 bits per heavy atom. The second-order valence-electron chi connectivity index (χ2n) is 5.82. The molecule has 0 radical (unpaired) electrons. The van der Waals surface area contributed by atoms with Crippen LogP contribution in [0.3, 0.4) is 0 Å². The van der Waals surface area contributed by atoms with Crippen molar-refractivity contribution in [3.63, 3.8) is 0 Å². The third-order valence-corrected chi connectivity index (χ3v) is 5.74. The van der Waals surface area contributed by atoms with E-state index in [1.54, 1.807) is 0 Å². The van der Waals surface area contributed by atoms with Crippen molar-refractivity contribution in [2.45, 2.75) is 45.2 Å². The van der Waals surface area contributed by atoms with Crippen molar-refractivity contribution in [3.8, 4) is 0 Å². The summed E-state index contributed by atoms with van der Waals surface area (Å²) < 4.78 is 23.2. The fourth-order valence-electron chi connectivity index (χ4n) is 2.77. The summed E-state index contributed by atoms with van der Waals surface area (Å²) in [4.78, 5) is 13.8. The summed E-state index contributed by atoms with van der Waals surface area (Å²) in [5, 5.41) is 3.14. The van der Waals surface area contributed by atoms with Crippen molar-refractivity contribution >= 4 is 15.7 Å². The van der Waals surface area contributed by atoms with E-state index in [9.17, 15) is 13.2 Å². The van der Waals surface area contributed by atoms with E-state index < -0.39 is 15.4 Å². The van der Waals surface area contributed by atoms with Gasteiger partial charge in [-0.2, -0.15) is 0 Å². The predicted octanol–water partition coefficient (Wildman–Crippen LogP) is -0.261. The molecule has 118 valence electrons. The van der Waals surface area contributed by atoms with Gasteiger partial charge in [0, 0.05) is 12.6 Å². The number of sulfone groups is 1. The van der Waals surface area contributed by atoms with E-state index in [4.69, 9.17) is 5.73 Å². The first-order valence-corrected chi connectivity index (χ1v) is 9.02. The van der Waals surface area contributed by atoms with E-state index in [1.807, 2.05) is 20.8 Å². The Morgan fingerprint density at radius 1 is 1.40 bits per heavy atom. The normalized spacial score (nSPS) is 24.6. The van der Waals surface area contributed by atoms with Crippen LogP contribution in [-0.4, -0.2) is 61.9 Å². The van der Waals surface area contributed by atoms with Crippen LogP contribution in [0.1, 0.15) is 33.6 Å². The zero-order valence-corrected chi connectivity index (χ0v) is 13.5. The minimum atomic E-state index is -2.90. The number of nitrogens with two attached hydrogens (primary N) is 1. The Hall–Kier alpha value is -0.660. The highest BCUT2D eigenvalue weighted by Gasteiger charge is 2.34. The van der Waals surface area contributed by atoms with Gasteiger partial charge in [-0.15, -0.1) is 0 Å². The zero-order valence-electron chi connectivity index (χ0n) is 12.7. The quantitative estimate of drug-likeness (QED) is 0.705. The molecule has 0 aromatic heterocycles. The van der Waals surface area contributed by atoms with Crippen LogP contribution in [0.2, 0.25) is 0 Å². The highest BCUT2D eigenvalue weighted by atomic mass is 32.2. The van der Waals surface area contributed by atoms with Gasteiger partial charge < -0.3 is 11.1 Å². The van der Waals surface area contributed by atoms with Crippen LogP contribution in [-0.2, 0) is 14.6 Å². The number of hydrogen-bond donors (Lipinski definition) is 2. The molecule has 1 aliphatic rings. The molecule has 0 aromatic rings. The largest absolute Gasteiger partial charge is 0.368 e. The van der Waals surface area contributed by atoms with Gasteiger partial charge in [-0.1, -0.05) is 6.92 Å². The average molecular weight is 305 g/mol.